The van der Waals surface area contributed by atoms with Crippen molar-refractivity contribution in [3.05, 3.63) is 0 Å². The highest BCUT2D eigenvalue weighted by atomic mass is 28.4. The van der Waals surface area contributed by atoms with Gasteiger partial charge in [0.2, 0.25) is 0 Å². The summed E-state index contributed by atoms with van der Waals surface area (Å²) in [5, 5.41) is 0.0548. The molecule has 39 heavy (non-hydrogen) atoms. The Kier molecular flexibility index (Phi) is 13.4. The van der Waals surface area contributed by atoms with Crippen LogP contribution in [0.3, 0.4) is 0 Å². The molecule has 2 fully saturated rings. The van der Waals surface area contributed by atoms with Crippen molar-refractivity contribution in [1.82, 2.24) is 0 Å². The summed E-state index contributed by atoms with van der Waals surface area (Å²) in [6, 6.07) is 0. The van der Waals surface area contributed by atoms with Crippen LogP contribution in [0.25, 0.3) is 0 Å². The molecule has 0 spiro atoms. The van der Waals surface area contributed by atoms with Gasteiger partial charge in [-0.3, -0.25) is 14.4 Å². The quantitative estimate of drug-likeness (QED) is 0.151. The van der Waals surface area contributed by atoms with Crippen molar-refractivity contribution >= 4 is 26.2 Å². The highest BCUT2D eigenvalue weighted by Crippen LogP contribution is 2.43. The molecule has 10 heteroatoms. The summed E-state index contributed by atoms with van der Waals surface area (Å²) in [6.07, 6.45) is 5.09. The molecule has 1 aliphatic carbocycles. The molecule has 1 saturated heterocycles. The number of hydrogen-bond donors (Lipinski definition) is 0. The molecule has 0 N–H and O–H groups in total. The van der Waals surface area contributed by atoms with Gasteiger partial charge in [-0.1, -0.05) is 20.8 Å². The van der Waals surface area contributed by atoms with Crippen LogP contribution in [0.2, 0.25) is 18.1 Å². The highest BCUT2D eigenvalue weighted by Gasteiger charge is 2.48. The second kappa shape index (κ2) is 15.5. The summed E-state index contributed by atoms with van der Waals surface area (Å²) < 4.78 is 35.3. The molecule has 2 rings (SSSR count). The van der Waals surface area contributed by atoms with Crippen molar-refractivity contribution < 1.29 is 42.5 Å². The molecule has 1 saturated carbocycles. The van der Waals surface area contributed by atoms with E-state index in [1.165, 1.54) is 21.0 Å². The molecule has 0 aromatic heterocycles. The first kappa shape index (κ1) is 33.7. The van der Waals surface area contributed by atoms with Gasteiger partial charge >= 0.3 is 17.9 Å². The van der Waals surface area contributed by atoms with Crippen LogP contribution in [0.15, 0.2) is 0 Å². The van der Waals surface area contributed by atoms with Gasteiger partial charge in [-0.15, -0.1) is 0 Å². The van der Waals surface area contributed by atoms with Gasteiger partial charge in [-0.25, -0.2) is 0 Å². The lowest BCUT2D eigenvalue weighted by Crippen LogP contribution is -2.44. The Labute approximate surface area is 236 Å². The number of hydrogen-bond acceptors (Lipinski definition) is 9. The fraction of sp³-hybridized carbons (Fsp3) is 0.897. The summed E-state index contributed by atoms with van der Waals surface area (Å²) in [4.78, 5) is 35.5. The monoisotopic (exact) mass is 572 g/mol. The van der Waals surface area contributed by atoms with Crippen LogP contribution in [0.4, 0.5) is 0 Å². The van der Waals surface area contributed by atoms with Crippen LogP contribution < -0.4 is 0 Å². The fourth-order valence-corrected chi connectivity index (χ4v) is 6.29. The first-order chi connectivity index (χ1) is 18.2. The summed E-state index contributed by atoms with van der Waals surface area (Å²) in [5.74, 6) is -0.976. The zero-order valence-corrected chi connectivity index (χ0v) is 26.4. The van der Waals surface area contributed by atoms with E-state index in [-0.39, 0.29) is 65.8 Å². The van der Waals surface area contributed by atoms with Crippen LogP contribution in [0.5, 0.6) is 0 Å². The molecule has 0 amide bonds. The lowest BCUT2D eigenvalue weighted by molar-refractivity contribution is -0.198. The topological polar surface area (TPSA) is 107 Å². The van der Waals surface area contributed by atoms with Gasteiger partial charge in [0.1, 0.15) is 12.2 Å². The van der Waals surface area contributed by atoms with Crippen molar-refractivity contribution in [2.75, 3.05) is 20.3 Å². The predicted octanol–water partition coefficient (Wildman–Crippen LogP) is 5.54. The van der Waals surface area contributed by atoms with Gasteiger partial charge in [0.05, 0.1) is 13.2 Å². The van der Waals surface area contributed by atoms with E-state index in [9.17, 15) is 14.4 Å². The summed E-state index contributed by atoms with van der Waals surface area (Å²) in [7, 11) is -0.679. The van der Waals surface area contributed by atoms with Crippen LogP contribution in [-0.4, -0.2) is 71.2 Å². The van der Waals surface area contributed by atoms with E-state index >= 15 is 0 Å². The first-order valence-corrected chi connectivity index (χ1v) is 17.5. The van der Waals surface area contributed by atoms with E-state index in [2.05, 4.69) is 33.9 Å². The Bertz CT molecular complexity index is 788. The minimum absolute atomic E-state index is 0.00190. The molecule has 1 aliphatic heterocycles. The molecule has 1 heterocycles. The normalized spacial score (nSPS) is 26.6. The third kappa shape index (κ3) is 11.1. The number of rotatable bonds is 14. The second-order valence-electron chi connectivity index (χ2n) is 12.5. The van der Waals surface area contributed by atoms with E-state index in [1.54, 1.807) is 0 Å². The van der Waals surface area contributed by atoms with Crippen LogP contribution in [0.1, 0.15) is 92.4 Å². The average Bonchev–Trinajstić information content (AvgIpc) is 3.15. The fourth-order valence-electron chi connectivity index (χ4n) is 5.25. The molecular weight excluding hydrogens is 520 g/mol. The lowest BCUT2D eigenvalue weighted by Gasteiger charge is -2.39. The standard InChI is InChI=1S/C29H52O9Si/c1-20(30)36-22(12-11-13-27(32)33-6)15-16-23-24(19-35-39(7,8)29(3,4)5)26(18-25(23)37-21(2)31)38-28-14-9-10-17-34-28/h22-26,28H,9-19H2,1-8H3/t22?,23-,24-,25?,26-,28?/m0/s1. The Hall–Kier alpha value is -1.49. The summed E-state index contributed by atoms with van der Waals surface area (Å²) in [5.41, 5.74) is 0. The zero-order chi connectivity index (χ0) is 29.2. The van der Waals surface area contributed by atoms with Gasteiger partial charge < -0.3 is 28.1 Å². The Morgan fingerprint density at radius 2 is 1.72 bits per heavy atom. The summed E-state index contributed by atoms with van der Waals surface area (Å²) in [6.45, 7) is 15.2. The third-order valence-corrected chi connectivity index (χ3v) is 13.0. The number of methoxy groups -OCH3 is 1. The Balaban J connectivity index is 2.23. The van der Waals surface area contributed by atoms with Gasteiger partial charge in [-0.2, -0.15) is 0 Å². The predicted molar refractivity (Wildman–Crippen MR) is 149 cm³/mol. The van der Waals surface area contributed by atoms with Gasteiger partial charge in [-0.05, 0) is 63.1 Å². The number of esters is 3. The highest BCUT2D eigenvalue weighted by molar-refractivity contribution is 6.74. The Morgan fingerprint density at radius 3 is 2.28 bits per heavy atom. The molecule has 0 bridgehead atoms. The van der Waals surface area contributed by atoms with Crippen LogP contribution in [0, 0.1) is 11.8 Å². The van der Waals surface area contributed by atoms with E-state index in [0.717, 1.165) is 19.3 Å². The number of ether oxygens (including phenoxy) is 5. The first-order valence-electron chi connectivity index (χ1n) is 14.6. The van der Waals surface area contributed by atoms with E-state index in [1.807, 2.05) is 0 Å². The number of carbonyl (C=O) groups is 3. The molecule has 0 radical (unpaired) electrons. The van der Waals surface area contributed by atoms with Crippen molar-refractivity contribution in [3.8, 4) is 0 Å². The zero-order valence-electron chi connectivity index (χ0n) is 25.4. The molecule has 6 atom stereocenters. The lowest BCUT2D eigenvalue weighted by atomic mass is 9.88. The van der Waals surface area contributed by atoms with Crippen molar-refractivity contribution in [2.45, 2.75) is 135 Å². The number of carbonyl (C=O) groups excluding carboxylic acids is 3. The maximum absolute atomic E-state index is 12.1. The van der Waals surface area contributed by atoms with Crippen LogP contribution >= 0.6 is 0 Å². The smallest absolute Gasteiger partial charge is 0.305 e. The van der Waals surface area contributed by atoms with Gasteiger partial charge in [0.15, 0.2) is 14.6 Å². The maximum Gasteiger partial charge on any atom is 0.305 e. The van der Waals surface area contributed by atoms with Crippen LogP contribution in [-0.2, 0) is 42.5 Å². The summed E-state index contributed by atoms with van der Waals surface area (Å²) >= 11 is 0. The molecule has 0 aromatic rings. The molecule has 9 nitrogen and oxygen atoms in total. The minimum atomic E-state index is -2.04. The van der Waals surface area contributed by atoms with E-state index in [0.29, 0.717) is 45.3 Å². The Morgan fingerprint density at radius 1 is 1.00 bits per heavy atom. The van der Waals surface area contributed by atoms with Gasteiger partial charge in [0, 0.05) is 51.7 Å². The van der Waals surface area contributed by atoms with E-state index < -0.39 is 8.32 Å². The van der Waals surface area contributed by atoms with E-state index in [4.69, 9.17) is 28.1 Å². The molecule has 2 aliphatic rings. The molecule has 226 valence electrons. The minimum Gasteiger partial charge on any atom is -0.469 e. The van der Waals surface area contributed by atoms with Gasteiger partial charge in [0.25, 0.3) is 0 Å². The molecular formula is C29H52O9Si. The average molecular weight is 573 g/mol. The van der Waals surface area contributed by atoms with Crippen molar-refractivity contribution in [2.24, 2.45) is 11.8 Å². The largest absolute Gasteiger partial charge is 0.469 e. The maximum atomic E-state index is 12.1. The SMILES string of the molecule is COC(=O)CCCC(CC[C@@H]1C(OC(C)=O)C[C@H](OC2CCCCO2)[C@H]1CO[Si](C)(C)C(C)(C)C)OC(C)=O. The third-order valence-electron chi connectivity index (χ3n) is 8.48. The molecule has 0 aromatic carbocycles. The molecule has 3 unspecified atom stereocenters. The second-order valence-corrected chi connectivity index (χ2v) is 17.3. The van der Waals surface area contributed by atoms with Crippen molar-refractivity contribution in [1.29, 1.82) is 0 Å². The van der Waals surface area contributed by atoms with Crippen molar-refractivity contribution in [3.63, 3.8) is 0 Å².